The van der Waals surface area contributed by atoms with Gasteiger partial charge >= 0.3 is 0 Å². The summed E-state index contributed by atoms with van der Waals surface area (Å²) in [7, 11) is 0. The topological polar surface area (TPSA) is 0 Å². The summed E-state index contributed by atoms with van der Waals surface area (Å²) in [4.78, 5) is 0. The van der Waals surface area contributed by atoms with E-state index in [1.165, 1.54) is 48.0 Å². The second kappa shape index (κ2) is 5.44. The fraction of sp³-hybridized carbons (Fsp3) is 0.250. The summed E-state index contributed by atoms with van der Waals surface area (Å²) in [6.07, 6.45) is 17.0. The van der Waals surface area contributed by atoms with E-state index in [1.807, 2.05) is 0 Å². The molecule has 2 atom stereocenters. The first-order chi connectivity index (χ1) is 15.6. The molecular formula is C32H26. The average molecular weight is 411 g/mol. The highest BCUT2D eigenvalue weighted by atomic mass is 14.6. The second-order valence-corrected chi connectivity index (χ2v) is 10.6. The Labute approximate surface area is 190 Å². The number of allylic oxidation sites excluding steroid dienone is 11. The Bertz CT molecular complexity index is 1480. The number of hydrogen-bond acceptors (Lipinski definition) is 0. The highest BCUT2D eigenvalue weighted by molar-refractivity contribution is 5.98. The minimum absolute atomic E-state index is 0.0108. The van der Waals surface area contributed by atoms with E-state index >= 15 is 0 Å². The maximum Gasteiger partial charge on any atom is 0.0315 e. The largest absolute Gasteiger partial charge is 0.0617 e. The van der Waals surface area contributed by atoms with E-state index in [2.05, 4.69) is 86.7 Å². The molecule has 32 heavy (non-hydrogen) atoms. The molecule has 2 aromatic rings. The third kappa shape index (κ3) is 1.70. The fourth-order valence-electron chi connectivity index (χ4n) is 7.98. The molecule has 0 radical (unpaired) electrons. The van der Waals surface area contributed by atoms with Gasteiger partial charge in [0, 0.05) is 10.8 Å². The monoisotopic (exact) mass is 410 g/mol. The van der Waals surface area contributed by atoms with E-state index in [1.54, 1.807) is 44.6 Å². The zero-order chi connectivity index (χ0) is 21.2. The van der Waals surface area contributed by atoms with Gasteiger partial charge in [-0.2, -0.15) is 0 Å². The zero-order valence-electron chi connectivity index (χ0n) is 18.8. The summed E-state index contributed by atoms with van der Waals surface area (Å²) >= 11 is 0. The van der Waals surface area contributed by atoms with Crippen molar-refractivity contribution in [3.8, 4) is 0 Å². The van der Waals surface area contributed by atoms with Crippen LogP contribution in [0, 0.1) is 10.8 Å². The lowest BCUT2D eigenvalue weighted by Crippen LogP contribution is -2.49. The molecular weight excluding hydrogens is 384 g/mol. The third-order valence-electron chi connectivity index (χ3n) is 9.63. The molecule has 0 heterocycles. The van der Waals surface area contributed by atoms with Gasteiger partial charge in [0.1, 0.15) is 0 Å². The molecule has 8 rings (SSSR count). The van der Waals surface area contributed by atoms with Gasteiger partial charge in [-0.15, -0.1) is 0 Å². The van der Waals surface area contributed by atoms with E-state index in [0.29, 0.717) is 0 Å². The van der Waals surface area contributed by atoms with Crippen LogP contribution in [0.25, 0.3) is 17.2 Å². The van der Waals surface area contributed by atoms with Gasteiger partial charge in [-0.3, -0.25) is 0 Å². The lowest BCUT2D eigenvalue weighted by Gasteiger charge is -2.59. The van der Waals surface area contributed by atoms with E-state index in [9.17, 15) is 0 Å². The van der Waals surface area contributed by atoms with Crippen LogP contribution in [0.4, 0.5) is 0 Å². The van der Waals surface area contributed by atoms with Crippen molar-refractivity contribution in [2.24, 2.45) is 10.8 Å². The van der Waals surface area contributed by atoms with Gasteiger partial charge in [0.15, 0.2) is 0 Å². The van der Waals surface area contributed by atoms with Crippen molar-refractivity contribution in [2.45, 2.75) is 39.5 Å². The zero-order valence-corrected chi connectivity index (χ0v) is 18.8. The molecule has 6 aliphatic carbocycles. The molecule has 6 aliphatic rings. The molecule has 2 aromatic carbocycles. The summed E-state index contributed by atoms with van der Waals surface area (Å²) in [6.45, 7) is 5.08. The molecule has 0 heteroatoms. The first kappa shape index (κ1) is 17.4. The summed E-state index contributed by atoms with van der Waals surface area (Å²) in [5.74, 6) is 0. The predicted molar refractivity (Wildman–Crippen MR) is 133 cm³/mol. The molecule has 0 saturated heterocycles. The molecule has 0 bridgehead atoms. The van der Waals surface area contributed by atoms with E-state index < -0.39 is 0 Å². The van der Waals surface area contributed by atoms with Gasteiger partial charge in [0.25, 0.3) is 0 Å². The summed E-state index contributed by atoms with van der Waals surface area (Å²) < 4.78 is 0. The first-order valence-corrected chi connectivity index (χ1v) is 12.1. The summed E-state index contributed by atoms with van der Waals surface area (Å²) in [5.41, 5.74) is 18.4. The summed E-state index contributed by atoms with van der Waals surface area (Å²) in [6, 6.07) is 16.0. The van der Waals surface area contributed by atoms with Crippen molar-refractivity contribution in [1.29, 1.82) is 0 Å². The maximum atomic E-state index is 2.55. The molecule has 0 saturated carbocycles. The minimum Gasteiger partial charge on any atom is -0.0617 e. The van der Waals surface area contributed by atoms with Crippen LogP contribution in [0.15, 0.2) is 94.6 Å². The van der Waals surface area contributed by atoms with Gasteiger partial charge in [-0.25, -0.2) is 0 Å². The van der Waals surface area contributed by atoms with E-state index in [0.717, 1.165) is 0 Å². The Kier molecular flexibility index (Phi) is 2.96. The lowest BCUT2D eigenvalue weighted by molar-refractivity contribution is 0.270. The van der Waals surface area contributed by atoms with Crippen LogP contribution in [0.1, 0.15) is 54.5 Å². The molecule has 0 aliphatic heterocycles. The van der Waals surface area contributed by atoms with Crippen LogP contribution in [0.2, 0.25) is 0 Å². The number of benzene rings is 2. The van der Waals surface area contributed by atoms with Crippen LogP contribution in [-0.4, -0.2) is 0 Å². The molecule has 0 fully saturated rings. The number of fused-ring (bicyclic) bond motifs is 3. The van der Waals surface area contributed by atoms with Crippen LogP contribution in [0.3, 0.4) is 0 Å². The molecule has 0 nitrogen and oxygen atoms in total. The first-order valence-electron chi connectivity index (χ1n) is 12.1. The number of rotatable bonds is 0. The van der Waals surface area contributed by atoms with E-state index in [4.69, 9.17) is 0 Å². The molecule has 0 spiro atoms. The van der Waals surface area contributed by atoms with Crippen molar-refractivity contribution in [2.75, 3.05) is 0 Å². The van der Waals surface area contributed by atoms with Crippen molar-refractivity contribution in [3.05, 3.63) is 122 Å². The van der Waals surface area contributed by atoms with Crippen LogP contribution >= 0.6 is 0 Å². The quantitative estimate of drug-likeness (QED) is 0.418. The Morgan fingerprint density at radius 1 is 0.688 bits per heavy atom. The highest BCUT2D eigenvalue weighted by Crippen LogP contribution is 2.71. The van der Waals surface area contributed by atoms with Gasteiger partial charge < -0.3 is 0 Å². The average Bonchev–Trinajstić information content (AvgIpc) is 2.81. The van der Waals surface area contributed by atoms with Gasteiger partial charge in [-0.1, -0.05) is 86.7 Å². The van der Waals surface area contributed by atoms with Crippen LogP contribution in [0.5, 0.6) is 0 Å². The van der Waals surface area contributed by atoms with Crippen molar-refractivity contribution < 1.29 is 0 Å². The molecule has 0 unspecified atom stereocenters. The number of hydrogen-bond donors (Lipinski definition) is 0. The Hall–Kier alpha value is -3.12. The Morgan fingerprint density at radius 2 is 1.44 bits per heavy atom. The van der Waals surface area contributed by atoms with E-state index in [-0.39, 0.29) is 10.8 Å². The molecule has 0 aromatic heterocycles. The number of aryl methyl sites for hydroxylation is 2. The molecule has 0 N–H and O–H groups in total. The molecule has 0 amide bonds. The fourth-order valence-corrected chi connectivity index (χ4v) is 7.98. The summed E-state index contributed by atoms with van der Waals surface area (Å²) in [5, 5.41) is 0. The lowest BCUT2D eigenvalue weighted by atomic mass is 9.43. The van der Waals surface area contributed by atoms with Crippen LogP contribution in [-0.2, 0) is 12.8 Å². The van der Waals surface area contributed by atoms with Crippen molar-refractivity contribution in [3.63, 3.8) is 0 Å². The van der Waals surface area contributed by atoms with Gasteiger partial charge in [0.05, 0.1) is 0 Å². The van der Waals surface area contributed by atoms with Gasteiger partial charge in [0.2, 0.25) is 0 Å². The highest BCUT2D eigenvalue weighted by Gasteiger charge is 2.59. The van der Waals surface area contributed by atoms with Crippen LogP contribution < -0.4 is 0 Å². The van der Waals surface area contributed by atoms with Crippen molar-refractivity contribution in [1.82, 2.24) is 0 Å². The second-order valence-electron chi connectivity index (χ2n) is 10.6. The van der Waals surface area contributed by atoms with Crippen molar-refractivity contribution >= 4 is 17.2 Å². The Balaban J connectivity index is 1.52. The minimum atomic E-state index is -0.0295. The van der Waals surface area contributed by atoms with Gasteiger partial charge in [-0.05, 0) is 92.5 Å². The molecule has 154 valence electrons. The Morgan fingerprint density at radius 3 is 2.28 bits per heavy atom. The normalized spacial score (nSPS) is 30.1. The smallest absolute Gasteiger partial charge is 0.0315 e. The maximum absolute atomic E-state index is 2.55. The third-order valence-corrected chi connectivity index (χ3v) is 9.63. The standard InChI is InChI=1S/C32H26/c1-31-22-12-15-27-24-13-10-19-7-5-8-20-11-14-25(30(24)29(19)20)28(32(27,31)2)17-16-26(31)23-9-4-3-6-21(23)18-22/h3-9,12,15-18H,10-11,13-14H2,1-2H3/t31-,32-/m0/s1. The SMILES string of the molecule is C[C@]12C3=Cc4ccccc4C1=CC=C1C4=C5C(=C(C=C3)[C@@]12C)CCc1cccc(c15)CC4. The predicted octanol–water partition coefficient (Wildman–Crippen LogP) is 7.65.